The van der Waals surface area contributed by atoms with Gasteiger partial charge in [0.2, 0.25) is 0 Å². The van der Waals surface area contributed by atoms with Gasteiger partial charge in [0.05, 0.1) is 7.11 Å². The van der Waals surface area contributed by atoms with Crippen molar-refractivity contribution >= 4 is 5.91 Å². The summed E-state index contributed by atoms with van der Waals surface area (Å²) in [6.45, 7) is 2.24. The molecule has 1 aliphatic carbocycles. The van der Waals surface area contributed by atoms with Crippen LogP contribution in [-0.4, -0.2) is 36.3 Å². The number of aromatic nitrogens is 2. The molecular formula is C20H26N4O2. The number of hydrogen-bond acceptors (Lipinski definition) is 4. The third kappa shape index (κ3) is 2.98. The minimum atomic E-state index is -0.0904. The third-order valence-electron chi connectivity index (χ3n) is 5.85. The van der Waals surface area contributed by atoms with E-state index in [9.17, 15) is 4.79 Å². The van der Waals surface area contributed by atoms with Gasteiger partial charge in [-0.1, -0.05) is 31.0 Å². The number of fused-ring (bicyclic) bond motifs is 1. The molecule has 4 rings (SSSR count). The highest BCUT2D eigenvalue weighted by Gasteiger charge is 2.38. The average Bonchev–Trinajstić information content (AvgIpc) is 3.34. The van der Waals surface area contributed by atoms with E-state index in [4.69, 9.17) is 4.74 Å². The van der Waals surface area contributed by atoms with Crippen molar-refractivity contribution in [3.05, 3.63) is 46.8 Å². The fourth-order valence-corrected chi connectivity index (χ4v) is 4.42. The number of aromatic amines is 1. The molecule has 6 nitrogen and oxygen atoms in total. The zero-order chi connectivity index (χ0) is 18.0. The first-order valence-electron chi connectivity index (χ1n) is 9.42. The normalized spacial score (nSPS) is 18.3. The predicted octanol–water partition coefficient (Wildman–Crippen LogP) is 2.31. The van der Waals surface area contributed by atoms with Crippen LogP contribution in [0, 0.1) is 0 Å². The van der Waals surface area contributed by atoms with Crippen LogP contribution in [0.3, 0.4) is 0 Å². The van der Waals surface area contributed by atoms with E-state index < -0.39 is 0 Å². The Morgan fingerprint density at radius 3 is 2.92 bits per heavy atom. The minimum absolute atomic E-state index is 0.0586. The summed E-state index contributed by atoms with van der Waals surface area (Å²) >= 11 is 0. The van der Waals surface area contributed by atoms with Crippen LogP contribution < -0.4 is 15.4 Å². The molecule has 138 valence electrons. The lowest BCUT2D eigenvalue weighted by Crippen LogP contribution is -2.40. The molecule has 1 aromatic heterocycles. The molecule has 0 radical (unpaired) electrons. The van der Waals surface area contributed by atoms with Gasteiger partial charge >= 0.3 is 0 Å². The molecule has 2 aromatic rings. The number of nitrogens with one attached hydrogen (secondary N) is 3. The lowest BCUT2D eigenvalue weighted by molar-refractivity contribution is 0.0936. The first-order chi connectivity index (χ1) is 12.7. The summed E-state index contributed by atoms with van der Waals surface area (Å²) in [6, 6.07) is 8.19. The topological polar surface area (TPSA) is 79.0 Å². The van der Waals surface area contributed by atoms with E-state index in [1.54, 1.807) is 7.11 Å². The second-order valence-electron chi connectivity index (χ2n) is 7.33. The van der Waals surface area contributed by atoms with E-state index >= 15 is 0 Å². The summed E-state index contributed by atoms with van der Waals surface area (Å²) < 4.78 is 5.60. The van der Waals surface area contributed by atoms with Gasteiger partial charge in [-0.15, -0.1) is 0 Å². The van der Waals surface area contributed by atoms with Crippen molar-refractivity contribution < 1.29 is 9.53 Å². The van der Waals surface area contributed by atoms with Crippen molar-refractivity contribution in [2.24, 2.45) is 0 Å². The summed E-state index contributed by atoms with van der Waals surface area (Å²) in [5.41, 5.74) is 3.75. The van der Waals surface area contributed by atoms with E-state index in [-0.39, 0.29) is 11.3 Å². The number of methoxy groups -OCH3 is 1. The van der Waals surface area contributed by atoms with Crippen LogP contribution in [0.1, 0.15) is 53.0 Å². The van der Waals surface area contributed by atoms with Crippen molar-refractivity contribution in [3.8, 4) is 5.75 Å². The van der Waals surface area contributed by atoms with Gasteiger partial charge in [-0.05, 0) is 18.9 Å². The Morgan fingerprint density at radius 2 is 2.12 bits per heavy atom. The van der Waals surface area contributed by atoms with Crippen LogP contribution in [-0.2, 0) is 18.4 Å². The predicted molar refractivity (Wildman–Crippen MR) is 99.5 cm³/mol. The van der Waals surface area contributed by atoms with Crippen molar-refractivity contribution in [1.82, 2.24) is 20.8 Å². The Bertz CT molecular complexity index is 793. The molecule has 3 N–H and O–H groups in total. The summed E-state index contributed by atoms with van der Waals surface area (Å²) in [6.07, 6.45) is 5.37. The van der Waals surface area contributed by atoms with Gasteiger partial charge < -0.3 is 15.4 Å². The molecule has 0 unspecified atom stereocenters. The molecule has 2 heterocycles. The Morgan fingerprint density at radius 1 is 1.31 bits per heavy atom. The standard InChI is InChI=1S/C20H26N4O2/c1-26-17-7-3-2-6-15(17)20(9-4-5-10-20)13-22-19(25)18-14-12-21-11-8-16(14)23-24-18/h2-3,6-7,21H,4-5,8-13H2,1H3,(H,22,25)(H,23,24). The molecule has 0 saturated heterocycles. The summed E-state index contributed by atoms with van der Waals surface area (Å²) in [5.74, 6) is 0.817. The maximum Gasteiger partial charge on any atom is 0.272 e. The molecule has 6 heteroatoms. The first kappa shape index (κ1) is 17.1. The summed E-state index contributed by atoms with van der Waals surface area (Å²) in [7, 11) is 1.71. The number of amides is 1. The molecule has 1 saturated carbocycles. The quantitative estimate of drug-likeness (QED) is 0.770. The van der Waals surface area contributed by atoms with Gasteiger partial charge in [0.1, 0.15) is 5.75 Å². The number of ether oxygens (including phenoxy) is 1. The van der Waals surface area contributed by atoms with Crippen molar-refractivity contribution in [2.75, 3.05) is 20.2 Å². The van der Waals surface area contributed by atoms with Crippen LogP contribution in [0.4, 0.5) is 0 Å². The van der Waals surface area contributed by atoms with E-state index in [1.165, 1.54) is 18.4 Å². The maximum absolute atomic E-state index is 12.8. The van der Waals surface area contributed by atoms with Crippen molar-refractivity contribution in [3.63, 3.8) is 0 Å². The number of carbonyl (C=O) groups is 1. The van der Waals surface area contributed by atoms with Crippen molar-refractivity contribution in [2.45, 2.75) is 44.1 Å². The van der Waals surface area contributed by atoms with Gasteiger partial charge in [-0.25, -0.2) is 0 Å². The maximum atomic E-state index is 12.8. The van der Waals surface area contributed by atoms with Crippen LogP contribution in [0.5, 0.6) is 5.75 Å². The number of benzene rings is 1. The highest BCUT2D eigenvalue weighted by atomic mass is 16.5. The Balaban J connectivity index is 1.55. The molecule has 26 heavy (non-hydrogen) atoms. The minimum Gasteiger partial charge on any atom is -0.496 e. The summed E-state index contributed by atoms with van der Waals surface area (Å²) in [4.78, 5) is 12.8. The number of H-pyrrole nitrogens is 1. The highest BCUT2D eigenvalue weighted by Crippen LogP contribution is 2.44. The number of hydrogen-bond donors (Lipinski definition) is 3. The fourth-order valence-electron chi connectivity index (χ4n) is 4.42. The molecule has 0 spiro atoms. The van der Waals surface area contributed by atoms with Crippen LogP contribution in [0.15, 0.2) is 24.3 Å². The largest absolute Gasteiger partial charge is 0.496 e. The average molecular weight is 354 g/mol. The highest BCUT2D eigenvalue weighted by molar-refractivity contribution is 5.94. The molecule has 1 aliphatic heterocycles. The Hall–Kier alpha value is -2.34. The first-order valence-corrected chi connectivity index (χ1v) is 9.42. The van der Waals surface area contributed by atoms with Crippen LogP contribution in [0.25, 0.3) is 0 Å². The van der Waals surface area contributed by atoms with Crippen LogP contribution in [0.2, 0.25) is 0 Å². The van der Waals surface area contributed by atoms with Gasteiger partial charge in [-0.2, -0.15) is 5.10 Å². The lowest BCUT2D eigenvalue weighted by atomic mass is 9.78. The van der Waals surface area contributed by atoms with E-state index in [2.05, 4.69) is 33.0 Å². The van der Waals surface area contributed by atoms with Crippen molar-refractivity contribution in [1.29, 1.82) is 0 Å². The number of carbonyl (C=O) groups excluding carboxylic acids is 1. The molecule has 1 fully saturated rings. The number of para-hydroxylation sites is 1. The third-order valence-corrected chi connectivity index (χ3v) is 5.85. The fraction of sp³-hybridized carbons (Fsp3) is 0.500. The van der Waals surface area contributed by atoms with E-state index in [0.717, 1.165) is 42.8 Å². The monoisotopic (exact) mass is 354 g/mol. The summed E-state index contributed by atoms with van der Waals surface area (Å²) in [5, 5.41) is 13.8. The van der Waals surface area contributed by atoms with Gasteiger partial charge in [-0.3, -0.25) is 9.89 Å². The molecule has 0 atom stereocenters. The lowest BCUT2D eigenvalue weighted by Gasteiger charge is -2.31. The van der Waals surface area contributed by atoms with Gasteiger partial charge in [0.15, 0.2) is 5.69 Å². The Kier molecular flexibility index (Phi) is 4.68. The van der Waals surface area contributed by atoms with E-state index in [1.807, 2.05) is 12.1 Å². The Labute approximate surface area is 153 Å². The number of nitrogens with zero attached hydrogens (tertiary/aromatic N) is 1. The molecule has 0 bridgehead atoms. The second-order valence-corrected chi connectivity index (χ2v) is 7.33. The van der Waals surface area contributed by atoms with Gasteiger partial charge in [0, 0.05) is 48.3 Å². The zero-order valence-electron chi connectivity index (χ0n) is 15.2. The van der Waals surface area contributed by atoms with Crippen LogP contribution >= 0.6 is 0 Å². The second kappa shape index (κ2) is 7.11. The zero-order valence-corrected chi connectivity index (χ0v) is 15.2. The van der Waals surface area contributed by atoms with Gasteiger partial charge in [0.25, 0.3) is 5.91 Å². The number of rotatable bonds is 5. The SMILES string of the molecule is COc1ccccc1C1(CNC(=O)c2n[nH]c3c2CNCC3)CCCC1. The molecule has 2 aliphatic rings. The smallest absolute Gasteiger partial charge is 0.272 e. The molecule has 1 amide bonds. The van der Waals surface area contributed by atoms with E-state index in [0.29, 0.717) is 18.8 Å². The molecule has 1 aromatic carbocycles. The molecular weight excluding hydrogens is 328 g/mol.